The van der Waals surface area contributed by atoms with E-state index in [1.165, 1.54) is 6.20 Å². The molecule has 1 fully saturated rings. The zero-order valence-electron chi connectivity index (χ0n) is 12.2. The second kappa shape index (κ2) is 6.58. The summed E-state index contributed by atoms with van der Waals surface area (Å²) in [7, 11) is 0. The second-order valence-corrected chi connectivity index (χ2v) is 5.35. The molecule has 114 valence electrons. The van der Waals surface area contributed by atoms with E-state index in [4.69, 9.17) is 4.74 Å². The number of pyridine rings is 1. The van der Waals surface area contributed by atoms with Gasteiger partial charge in [0.2, 0.25) is 5.88 Å². The van der Waals surface area contributed by atoms with E-state index in [9.17, 15) is 9.90 Å². The molecule has 1 unspecified atom stereocenters. The third-order valence-corrected chi connectivity index (χ3v) is 3.63. The third kappa shape index (κ3) is 3.43. The highest BCUT2D eigenvalue weighted by Gasteiger charge is 2.23. The molecule has 1 saturated heterocycles. The number of hydrogen-bond acceptors (Lipinski definition) is 4. The van der Waals surface area contributed by atoms with Crippen LogP contribution in [0.5, 0.6) is 11.6 Å². The Morgan fingerprint density at radius 1 is 1.23 bits per heavy atom. The van der Waals surface area contributed by atoms with Crippen LogP contribution in [0.2, 0.25) is 0 Å². The number of hydrogen-bond donors (Lipinski definition) is 1. The molecular formula is C17H18N2O3. The predicted molar refractivity (Wildman–Crippen MR) is 81.9 cm³/mol. The average Bonchev–Trinajstić information content (AvgIpc) is 2.56. The summed E-state index contributed by atoms with van der Waals surface area (Å²) in [6.45, 7) is 1.07. The van der Waals surface area contributed by atoms with Gasteiger partial charge in [-0.25, -0.2) is 4.98 Å². The molecular weight excluding hydrogens is 280 g/mol. The molecule has 1 amide bonds. The zero-order valence-corrected chi connectivity index (χ0v) is 12.2. The molecule has 2 heterocycles. The largest absolute Gasteiger partial charge is 0.439 e. The summed E-state index contributed by atoms with van der Waals surface area (Å²) in [6, 6.07) is 12.7. The monoisotopic (exact) mass is 298 g/mol. The standard InChI is InChI=1S/C17H18N2O3/c20-14-5-4-10-19(12-14)17(21)13-8-9-16(18-11-13)22-15-6-2-1-3-7-15/h1-3,6-9,11,14,20H,4-5,10,12H2. The molecule has 1 atom stereocenters. The van der Waals surface area contributed by atoms with Crippen LogP contribution >= 0.6 is 0 Å². The number of β-amino-alcohol motifs (C(OH)–C–C–N with tert-alkyl or cyclic N) is 1. The van der Waals surface area contributed by atoms with Crippen molar-refractivity contribution >= 4 is 5.91 Å². The van der Waals surface area contributed by atoms with Crippen LogP contribution in [-0.2, 0) is 0 Å². The second-order valence-electron chi connectivity index (χ2n) is 5.35. The first kappa shape index (κ1) is 14.5. The van der Waals surface area contributed by atoms with E-state index < -0.39 is 6.10 Å². The van der Waals surface area contributed by atoms with Gasteiger partial charge in [-0.1, -0.05) is 18.2 Å². The van der Waals surface area contributed by atoms with E-state index in [-0.39, 0.29) is 5.91 Å². The van der Waals surface area contributed by atoms with E-state index in [2.05, 4.69) is 4.98 Å². The van der Waals surface area contributed by atoms with Gasteiger partial charge >= 0.3 is 0 Å². The fourth-order valence-corrected chi connectivity index (χ4v) is 2.50. The number of carbonyl (C=O) groups is 1. The highest BCUT2D eigenvalue weighted by atomic mass is 16.5. The number of rotatable bonds is 3. The SMILES string of the molecule is O=C(c1ccc(Oc2ccccc2)nc1)N1CCCC(O)C1. The van der Waals surface area contributed by atoms with Crippen molar-refractivity contribution in [3.8, 4) is 11.6 Å². The number of aliphatic hydroxyl groups is 1. The van der Waals surface area contributed by atoms with Gasteiger partial charge in [-0.15, -0.1) is 0 Å². The fourth-order valence-electron chi connectivity index (χ4n) is 2.50. The van der Waals surface area contributed by atoms with Gasteiger partial charge in [0.1, 0.15) is 5.75 Å². The lowest BCUT2D eigenvalue weighted by Crippen LogP contribution is -2.42. The van der Waals surface area contributed by atoms with E-state index in [0.29, 0.717) is 30.3 Å². The molecule has 5 nitrogen and oxygen atoms in total. The Hall–Kier alpha value is -2.40. The van der Waals surface area contributed by atoms with E-state index in [1.807, 2.05) is 30.3 Å². The minimum absolute atomic E-state index is 0.0995. The third-order valence-electron chi connectivity index (χ3n) is 3.63. The van der Waals surface area contributed by atoms with Crippen molar-refractivity contribution in [2.24, 2.45) is 0 Å². The zero-order chi connectivity index (χ0) is 15.4. The maximum Gasteiger partial charge on any atom is 0.255 e. The Bertz CT molecular complexity index is 628. The van der Waals surface area contributed by atoms with Gasteiger partial charge in [0.25, 0.3) is 5.91 Å². The van der Waals surface area contributed by atoms with E-state index in [0.717, 1.165) is 12.8 Å². The maximum atomic E-state index is 12.3. The predicted octanol–water partition coefficient (Wildman–Crippen LogP) is 2.47. The number of benzene rings is 1. The molecule has 2 aromatic rings. The number of nitrogens with zero attached hydrogens (tertiary/aromatic N) is 2. The number of aliphatic hydroxyl groups excluding tert-OH is 1. The first-order chi connectivity index (χ1) is 10.7. The molecule has 0 radical (unpaired) electrons. The Kier molecular flexibility index (Phi) is 4.34. The molecule has 1 aromatic carbocycles. The number of para-hydroxylation sites is 1. The van der Waals surface area contributed by atoms with Gasteiger partial charge in [0.05, 0.1) is 11.7 Å². The van der Waals surface area contributed by atoms with Crippen molar-refractivity contribution in [2.45, 2.75) is 18.9 Å². The summed E-state index contributed by atoms with van der Waals surface area (Å²) in [4.78, 5) is 18.2. The molecule has 5 heteroatoms. The van der Waals surface area contributed by atoms with Crippen molar-refractivity contribution in [3.05, 3.63) is 54.2 Å². The Morgan fingerprint density at radius 2 is 2.05 bits per heavy atom. The Morgan fingerprint density at radius 3 is 2.73 bits per heavy atom. The summed E-state index contributed by atoms with van der Waals surface area (Å²) in [6.07, 6.45) is 2.68. The smallest absolute Gasteiger partial charge is 0.255 e. The van der Waals surface area contributed by atoms with Crippen LogP contribution in [0, 0.1) is 0 Å². The molecule has 0 bridgehead atoms. The van der Waals surface area contributed by atoms with Crippen LogP contribution in [-0.4, -0.2) is 40.1 Å². The number of carbonyl (C=O) groups excluding carboxylic acids is 1. The lowest BCUT2D eigenvalue weighted by Gasteiger charge is -2.30. The highest BCUT2D eigenvalue weighted by molar-refractivity contribution is 5.94. The summed E-state index contributed by atoms with van der Waals surface area (Å²) in [5.74, 6) is 1.05. The van der Waals surface area contributed by atoms with E-state index >= 15 is 0 Å². The number of piperidine rings is 1. The summed E-state index contributed by atoms with van der Waals surface area (Å²) in [5, 5.41) is 9.65. The quantitative estimate of drug-likeness (QED) is 0.945. The Balaban J connectivity index is 1.67. The van der Waals surface area contributed by atoms with Crippen molar-refractivity contribution < 1.29 is 14.6 Å². The van der Waals surface area contributed by atoms with Crippen molar-refractivity contribution in [1.82, 2.24) is 9.88 Å². The number of aromatic nitrogens is 1. The van der Waals surface area contributed by atoms with Crippen molar-refractivity contribution in [3.63, 3.8) is 0 Å². The first-order valence-corrected chi connectivity index (χ1v) is 7.38. The molecule has 0 spiro atoms. The lowest BCUT2D eigenvalue weighted by molar-refractivity contribution is 0.0473. The van der Waals surface area contributed by atoms with Crippen LogP contribution in [0.1, 0.15) is 23.2 Å². The first-order valence-electron chi connectivity index (χ1n) is 7.38. The summed E-state index contributed by atoms with van der Waals surface area (Å²) < 4.78 is 5.60. The van der Waals surface area contributed by atoms with Gasteiger partial charge in [-0.3, -0.25) is 4.79 Å². The molecule has 0 aliphatic carbocycles. The van der Waals surface area contributed by atoms with Crippen LogP contribution < -0.4 is 4.74 Å². The molecule has 1 aliphatic heterocycles. The number of ether oxygens (including phenoxy) is 1. The Labute approximate surface area is 129 Å². The summed E-state index contributed by atoms with van der Waals surface area (Å²) >= 11 is 0. The van der Waals surface area contributed by atoms with Crippen LogP contribution in [0.3, 0.4) is 0 Å². The number of likely N-dealkylation sites (tertiary alicyclic amines) is 1. The molecule has 1 aliphatic rings. The van der Waals surface area contributed by atoms with Crippen LogP contribution in [0.15, 0.2) is 48.7 Å². The molecule has 1 N–H and O–H groups in total. The van der Waals surface area contributed by atoms with Gasteiger partial charge < -0.3 is 14.7 Å². The van der Waals surface area contributed by atoms with E-state index in [1.54, 1.807) is 17.0 Å². The van der Waals surface area contributed by atoms with Gasteiger partial charge in [0.15, 0.2) is 0 Å². The highest BCUT2D eigenvalue weighted by Crippen LogP contribution is 2.19. The number of amides is 1. The minimum Gasteiger partial charge on any atom is -0.439 e. The van der Waals surface area contributed by atoms with Gasteiger partial charge in [-0.2, -0.15) is 0 Å². The molecule has 1 aromatic heterocycles. The van der Waals surface area contributed by atoms with Crippen LogP contribution in [0.25, 0.3) is 0 Å². The van der Waals surface area contributed by atoms with Gasteiger partial charge in [0, 0.05) is 25.4 Å². The van der Waals surface area contributed by atoms with Crippen LogP contribution in [0.4, 0.5) is 0 Å². The fraction of sp³-hybridized carbons (Fsp3) is 0.294. The molecule has 0 saturated carbocycles. The normalized spacial score (nSPS) is 18.0. The topological polar surface area (TPSA) is 62.7 Å². The average molecular weight is 298 g/mol. The lowest BCUT2D eigenvalue weighted by atomic mass is 10.1. The van der Waals surface area contributed by atoms with Crippen molar-refractivity contribution in [2.75, 3.05) is 13.1 Å². The maximum absolute atomic E-state index is 12.3. The van der Waals surface area contributed by atoms with Crippen molar-refractivity contribution in [1.29, 1.82) is 0 Å². The van der Waals surface area contributed by atoms with Gasteiger partial charge in [-0.05, 0) is 31.0 Å². The molecule has 22 heavy (non-hydrogen) atoms. The summed E-state index contributed by atoms with van der Waals surface area (Å²) in [5.41, 5.74) is 0.509. The minimum atomic E-state index is -0.425. The molecule has 3 rings (SSSR count).